The average Bonchev–Trinajstić information content (AvgIpc) is 2.40. The van der Waals surface area contributed by atoms with Crippen LogP contribution in [0.4, 0.5) is 5.82 Å². The molecule has 1 aliphatic heterocycles. The molecule has 1 aromatic heterocycles. The Balaban J connectivity index is 2.01. The summed E-state index contributed by atoms with van der Waals surface area (Å²) in [6.07, 6.45) is 3.77. The van der Waals surface area contributed by atoms with Gasteiger partial charge in [-0.2, -0.15) is 0 Å². The molecule has 0 radical (unpaired) electrons. The first-order valence-electron chi connectivity index (χ1n) is 6.29. The molecule has 1 fully saturated rings. The SMILES string of the molecule is CN(CC1CCCCO1)c1ccc(Cl)c(CO)n1. The van der Waals surface area contributed by atoms with Crippen molar-refractivity contribution in [2.24, 2.45) is 0 Å². The molecule has 1 aromatic rings. The number of aromatic nitrogens is 1. The summed E-state index contributed by atoms with van der Waals surface area (Å²) < 4.78 is 5.71. The molecule has 2 rings (SSSR count). The number of halogens is 1. The zero-order chi connectivity index (χ0) is 13.0. The standard InChI is InChI=1S/C13H19ClN2O2/c1-16(8-10-4-2-3-7-18-10)13-6-5-11(14)12(9-17)15-13/h5-6,10,17H,2-4,7-9H2,1H3. The van der Waals surface area contributed by atoms with Gasteiger partial charge < -0.3 is 14.7 Å². The van der Waals surface area contributed by atoms with Crippen LogP contribution in [0.25, 0.3) is 0 Å². The molecular formula is C13H19ClN2O2. The monoisotopic (exact) mass is 270 g/mol. The minimum absolute atomic E-state index is 0.138. The minimum atomic E-state index is -0.138. The van der Waals surface area contributed by atoms with Crippen LogP contribution in [0.1, 0.15) is 25.0 Å². The number of nitrogens with zero attached hydrogens (tertiary/aromatic N) is 2. The number of aliphatic hydroxyl groups is 1. The summed E-state index contributed by atoms with van der Waals surface area (Å²) in [5, 5.41) is 9.66. The lowest BCUT2D eigenvalue weighted by atomic mass is 10.1. The van der Waals surface area contributed by atoms with Crippen molar-refractivity contribution in [3.8, 4) is 0 Å². The molecular weight excluding hydrogens is 252 g/mol. The normalized spacial score (nSPS) is 19.8. The number of hydrogen-bond donors (Lipinski definition) is 1. The van der Waals surface area contributed by atoms with E-state index in [1.165, 1.54) is 6.42 Å². The van der Waals surface area contributed by atoms with E-state index in [1.807, 2.05) is 18.0 Å². The Bertz CT molecular complexity index is 395. The van der Waals surface area contributed by atoms with Crippen molar-refractivity contribution in [2.45, 2.75) is 32.0 Å². The van der Waals surface area contributed by atoms with Crippen molar-refractivity contribution in [3.63, 3.8) is 0 Å². The van der Waals surface area contributed by atoms with Gasteiger partial charge in [0.2, 0.25) is 0 Å². The average molecular weight is 271 g/mol. The van der Waals surface area contributed by atoms with Gasteiger partial charge in [-0.3, -0.25) is 0 Å². The van der Waals surface area contributed by atoms with E-state index < -0.39 is 0 Å². The van der Waals surface area contributed by atoms with E-state index in [2.05, 4.69) is 4.98 Å². The third-order valence-electron chi connectivity index (χ3n) is 3.20. The summed E-state index contributed by atoms with van der Waals surface area (Å²) in [6, 6.07) is 3.64. The van der Waals surface area contributed by atoms with E-state index in [0.717, 1.165) is 31.8 Å². The number of rotatable bonds is 4. The largest absolute Gasteiger partial charge is 0.390 e. The maximum atomic E-state index is 9.16. The van der Waals surface area contributed by atoms with Crippen LogP contribution < -0.4 is 4.90 Å². The van der Waals surface area contributed by atoms with E-state index in [1.54, 1.807) is 6.07 Å². The zero-order valence-electron chi connectivity index (χ0n) is 10.6. The topological polar surface area (TPSA) is 45.6 Å². The molecule has 0 aliphatic carbocycles. The molecule has 0 spiro atoms. The number of aliphatic hydroxyl groups excluding tert-OH is 1. The lowest BCUT2D eigenvalue weighted by Crippen LogP contribution is -2.33. The van der Waals surface area contributed by atoms with E-state index in [-0.39, 0.29) is 12.7 Å². The second-order valence-electron chi connectivity index (χ2n) is 4.63. The van der Waals surface area contributed by atoms with E-state index in [4.69, 9.17) is 21.4 Å². The van der Waals surface area contributed by atoms with E-state index in [0.29, 0.717) is 10.7 Å². The highest BCUT2D eigenvalue weighted by Crippen LogP contribution is 2.20. The molecule has 2 heterocycles. The Morgan fingerprint density at radius 2 is 2.33 bits per heavy atom. The van der Waals surface area contributed by atoms with Gasteiger partial charge in [0.25, 0.3) is 0 Å². The first kappa shape index (κ1) is 13.6. The molecule has 1 atom stereocenters. The second-order valence-corrected chi connectivity index (χ2v) is 5.03. The summed E-state index contributed by atoms with van der Waals surface area (Å²) in [6.45, 7) is 1.54. The summed E-state index contributed by atoms with van der Waals surface area (Å²) in [4.78, 5) is 6.39. The van der Waals surface area contributed by atoms with Gasteiger partial charge in [0.05, 0.1) is 23.4 Å². The highest BCUT2D eigenvalue weighted by atomic mass is 35.5. The predicted molar refractivity (Wildman–Crippen MR) is 72.0 cm³/mol. The highest BCUT2D eigenvalue weighted by molar-refractivity contribution is 6.31. The van der Waals surface area contributed by atoms with Gasteiger partial charge in [-0.1, -0.05) is 11.6 Å². The molecule has 0 bridgehead atoms. The Hall–Kier alpha value is -0.840. The second kappa shape index (κ2) is 6.36. The molecule has 0 saturated carbocycles. The Labute approximate surface area is 113 Å². The molecule has 18 heavy (non-hydrogen) atoms. The van der Waals surface area contributed by atoms with Crippen LogP contribution >= 0.6 is 11.6 Å². The molecule has 4 nitrogen and oxygen atoms in total. The third-order valence-corrected chi connectivity index (χ3v) is 3.54. The zero-order valence-corrected chi connectivity index (χ0v) is 11.4. The van der Waals surface area contributed by atoms with Gasteiger partial charge in [-0.05, 0) is 31.4 Å². The predicted octanol–water partition coefficient (Wildman–Crippen LogP) is 2.23. The fraction of sp³-hybridized carbons (Fsp3) is 0.615. The summed E-state index contributed by atoms with van der Waals surface area (Å²) >= 11 is 5.93. The van der Waals surface area contributed by atoms with Crippen LogP contribution in [0.15, 0.2) is 12.1 Å². The number of likely N-dealkylation sites (N-methyl/N-ethyl adjacent to an activating group) is 1. The van der Waals surface area contributed by atoms with Crippen molar-refractivity contribution in [3.05, 3.63) is 22.8 Å². The fourth-order valence-corrected chi connectivity index (χ4v) is 2.31. The maximum absolute atomic E-state index is 9.16. The first-order chi connectivity index (χ1) is 8.70. The summed E-state index contributed by atoms with van der Waals surface area (Å²) in [5.74, 6) is 0.817. The van der Waals surface area contributed by atoms with Crippen LogP contribution in [0.5, 0.6) is 0 Å². The van der Waals surface area contributed by atoms with E-state index >= 15 is 0 Å². The molecule has 1 unspecified atom stereocenters. The molecule has 0 amide bonds. The Morgan fingerprint density at radius 1 is 1.50 bits per heavy atom. The molecule has 1 saturated heterocycles. The number of anilines is 1. The number of hydrogen-bond acceptors (Lipinski definition) is 4. The fourth-order valence-electron chi connectivity index (χ4n) is 2.15. The van der Waals surface area contributed by atoms with Crippen LogP contribution in [-0.2, 0) is 11.3 Å². The van der Waals surface area contributed by atoms with Gasteiger partial charge in [-0.25, -0.2) is 4.98 Å². The van der Waals surface area contributed by atoms with Crippen molar-refractivity contribution in [2.75, 3.05) is 25.1 Å². The molecule has 1 aliphatic rings. The van der Waals surface area contributed by atoms with Gasteiger partial charge in [0.1, 0.15) is 5.82 Å². The lowest BCUT2D eigenvalue weighted by molar-refractivity contribution is 0.0215. The summed E-state index contributed by atoms with van der Waals surface area (Å²) in [7, 11) is 1.98. The van der Waals surface area contributed by atoms with Crippen molar-refractivity contribution >= 4 is 17.4 Å². The number of ether oxygens (including phenoxy) is 1. The van der Waals surface area contributed by atoms with Crippen molar-refractivity contribution in [1.82, 2.24) is 4.98 Å². The first-order valence-corrected chi connectivity index (χ1v) is 6.67. The highest BCUT2D eigenvalue weighted by Gasteiger charge is 2.17. The van der Waals surface area contributed by atoms with Gasteiger partial charge in [-0.15, -0.1) is 0 Å². The van der Waals surface area contributed by atoms with Crippen LogP contribution in [0.2, 0.25) is 5.02 Å². The quantitative estimate of drug-likeness (QED) is 0.911. The Morgan fingerprint density at radius 3 is 3.00 bits per heavy atom. The third kappa shape index (κ3) is 3.34. The van der Waals surface area contributed by atoms with Gasteiger partial charge in [0.15, 0.2) is 0 Å². The van der Waals surface area contributed by atoms with E-state index in [9.17, 15) is 0 Å². The molecule has 5 heteroatoms. The van der Waals surface area contributed by atoms with Crippen LogP contribution in [0.3, 0.4) is 0 Å². The number of pyridine rings is 1. The van der Waals surface area contributed by atoms with Crippen molar-refractivity contribution in [1.29, 1.82) is 0 Å². The lowest BCUT2D eigenvalue weighted by Gasteiger charge is -2.28. The van der Waals surface area contributed by atoms with Gasteiger partial charge >= 0.3 is 0 Å². The summed E-state index contributed by atoms with van der Waals surface area (Å²) in [5.41, 5.74) is 0.519. The molecule has 100 valence electrons. The minimum Gasteiger partial charge on any atom is -0.390 e. The van der Waals surface area contributed by atoms with Crippen LogP contribution in [-0.4, -0.2) is 36.4 Å². The van der Waals surface area contributed by atoms with Crippen LogP contribution in [0, 0.1) is 0 Å². The van der Waals surface area contributed by atoms with Crippen molar-refractivity contribution < 1.29 is 9.84 Å². The Kier molecular flexibility index (Phi) is 4.80. The maximum Gasteiger partial charge on any atom is 0.128 e. The van der Waals surface area contributed by atoms with Gasteiger partial charge in [0, 0.05) is 20.2 Å². The molecule has 0 aromatic carbocycles. The molecule has 1 N–H and O–H groups in total. The smallest absolute Gasteiger partial charge is 0.128 e.